The van der Waals surface area contributed by atoms with Crippen LogP contribution in [0.25, 0.3) is 10.9 Å². The number of hydrogen-bond acceptors (Lipinski definition) is 5. The summed E-state index contributed by atoms with van der Waals surface area (Å²) >= 11 is 0. The van der Waals surface area contributed by atoms with Crippen LogP contribution >= 0.6 is 0 Å². The van der Waals surface area contributed by atoms with Crippen molar-refractivity contribution in [2.45, 2.75) is 26.3 Å². The van der Waals surface area contributed by atoms with Gasteiger partial charge in [0.2, 0.25) is 17.7 Å². The number of ether oxygens (including phenoxy) is 1. The average Bonchev–Trinajstić information content (AvgIpc) is 3.34. The van der Waals surface area contributed by atoms with Crippen molar-refractivity contribution in [3.05, 3.63) is 109 Å². The first-order valence-corrected chi connectivity index (χ1v) is 14.9. The molecule has 1 aromatic heterocycles. The number of hydrogen-bond donors (Lipinski definition) is 0. The Bertz CT molecular complexity index is 1870. The van der Waals surface area contributed by atoms with Gasteiger partial charge in [0.15, 0.2) is 0 Å². The highest BCUT2D eigenvalue weighted by Gasteiger charge is 2.42. The van der Waals surface area contributed by atoms with Crippen LogP contribution in [0.5, 0.6) is 5.75 Å². The molecule has 0 saturated heterocycles. The minimum atomic E-state index is -1.13. The first kappa shape index (κ1) is 29.6. The molecule has 6 rings (SSSR count). The van der Waals surface area contributed by atoms with E-state index < -0.39 is 11.8 Å². The number of fused-ring (bicyclic) bond motifs is 2. The zero-order valence-corrected chi connectivity index (χ0v) is 25.8. The number of rotatable bonds is 8. The minimum Gasteiger partial charge on any atom is -0.497 e. The van der Waals surface area contributed by atoms with Crippen molar-refractivity contribution in [1.82, 2.24) is 9.78 Å². The maximum absolute atomic E-state index is 14.6. The van der Waals surface area contributed by atoms with Crippen LogP contribution in [0.15, 0.2) is 103 Å². The molecule has 0 saturated carbocycles. The minimum absolute atomic E-state index is 0.0768. The summed E-state index contributed by atoms with van der Waals surface area (Å²) in [6.07, 6.45) is 0.0768. The summed E-state index contributed by atoms with van der Waals surface area (Å²) in [6, 6.07) is 31.3. The van der Waals surface area contributed by atoms with Gasteiger partial charge in [-0.05, 0) is 68.4 Å². The summed E-state index contributed by atoms with van der Waals surface area (Å²) in [4.78, 5) is 48.1. The van der Waals surface area contributed by atoms with Crippen LogP contribution in [-0.4, -0.2) is 47.2 Å². The van der Waals surface area contributed by atoms with Crippen LogP contribution < -0.4 is 19.4 Å². The van der Waals surface area contributed by atoms with Gasteiger partial charge in [-0.25, -0.2) is 0 Å². The number of amides is 3. The first-order valence-electron chi connectivity index (χ1n) is 14.9. The van der Waals surface area contributed by atoms with Gasteiger partial charge in [0.1, 0.15) is 18.2 Å². The van der Waals surface area contributed by atoms with Gasteiger partial charge in [0, 0.05) is 36.3 Å². The van der Waals surface area contributed by atoms with E-state index in [0.717, 1.165) is 10.9 Å². The smallest absolute Gasteiger partial charge is 0.247 e. The van der Waals surface area contributed by atoms with E-state index in [4.69, 9.17) is 9.84 Å². The third-order valence-electron chi connectivity index (χ3n) is 8.17. The fourth-order valence-electron chi connectivity index (χ4n) is 6.07. The number of benzene rings is 4. The number of para-hydroxylation sites is 4. The van der Waals surface area contributed by atoms with Gasteiger partial charge in [-0.1, -0.05) is 48.5 Å². The summed E-state index contributed by atoms with van der Waals surface area (Å²) < 4.78 is 7.06. The van der Waals surface area contributed by atoms with Gasteiger partial charge in [-0.2, -0.15) is 5.10 Å². The van der Waals surface area contributed by atoms with Crippen LogP contribution in [0.1, 0.15) is 19.5 Å². The molecule has 0 N–H and O–H groups in total. The monoisotopic (exact) mass is 601 g/mol. The topological polar surface area (TPSA) is 88.0 Å². The molecule has 2 heterocycles. The molecule has 9 heteroatoms. The van der Waals surface area contributed by atoms with Crippen LogP contribution in [0, 0.1) is 5.92 Å². The van der Waals surface area contributed by atoms with E-state index in [1.807, 2.05) is 106 Å². The Balaban J connectivity index is 1.45. The number of nitrogens with zero attached hydrogens (tertiary/aromatic N) is 5. The molecule has 4 aromatic carbocycles. The largest absolute Gasteiger partial charge is 0.497 e. The number of carbonyl (C=O) groups excluding carboxylic acids is 3. The fourth-order valence-corrected chi connectivity index (χ4v) is 6.07. The maximum Gasteiger partial charge on any atom is 0.247 e. The van der Waals surface area contributed by atoms with E-state index in [0.29, 0.717) is 34.2 Å². The molecular formula is C36H35N5O4. The quantitative estimate of drug-likeness (QED) is 0.207. The van der Waals surface area contributed by atoms with Gasteiger partial charge < -0.3 is 14.5 Å². The third-order valence-corrected chi connectivity index (χ3v) is 8.17. The first-order chi connectivity index (χ1) is 21.8. The van der Waals surface area contributed by atoms with E-state index in [-0.39, 0.29) is 30.8 Å². The van der Waals surface area contributed by atoms with Crippen LogP contribution in [0.4, 0.5) is 22.7 Å². The molecule has 1 aliphatic heterocycles. The third kappa shape index (κ3) is 5.53. The molecule has 1 unspecified atom stereocenters. The lowest BCUT2D eigenvalue weighted by Gasteiger charge is -2.31. The van der Waals surface area contributed by atoms with Crippen molar-refractivity contribution in [2.75, 3.05) is 28.4 Å². The van der Waals surface area contributed by atoms with Crippen molar-refractivity contribution >= 4 is 51.4 Å². The van der Waals surface area contributed by atoms with Crippen LogP contribution in [0.2, 0.25) is 0 Å². The van der Waals surface area contributed by atoms with Crippen molar-refractivity contribution in [3.8, 4) is 5.75 Å². The van der Waals surface area contributed by atoms with Crippen LogP contribution in [0.3, 0.4) is 0 Å². The number of anilines is 4. The molecule has 0 bridgehead atoms. The van der Waals surface area contributed by atoms with Crippen molar-refractivity contribution in [2.24, 2.45) is 13.0 Å². The zero-order chi connectivity index (χ0) is 31.7. The highest BCUT2D eigenvalue weighted by Crippen LogP contribution is 2.40. The van der Waals surface area contributed by atoms with Crippen molar-refractivity contribution in [1.29, 1.82) is 0 Å². The van der Waals surface area contributed by atoms with E-state index in [1.54, 1.807) is 39.8 Å². The lowest BCUT2D eigenvalue weighted by Crippen LogP contribution is -2.48. The van der Waals surface area contributed by atoms with Gasteiger partial charge in [0.25, 0.3) is 0 Å². The maximum atomic E-state index is 14.6. The summed E-state index contributed by atoms with van der Waals surface area (Å²) in [5, 5.41) is 5.59. The second kappa shape index (κ2) is 12.3. The molecule has 9 nitrogen and oxygen atoms in total. The summed E-state index contributed by atoms with van der Waals surface area (Å²) in [5.41, 5.74) is 3.89. The summed E-state index contributed by atoms with van der Waals surface area (Å²) in [7, 11) is 3.44. The average molecular weight is 602 g/mol. The Kier molecular flexibility index (Phi) is 8.08. The lowest BCUT2D eigenvalue weighted by molar-refractivity contribution is -0.132. The molecule has 45 heavy (non-hydrogen) atoms. The molecular weight excluding hydrogens is 566 g/mol. The molecule has 0 fully saturated rings. The highest BCUT2D eigenvalue weighted by atomic mass is 16.5. The van der Waals surface area contributed by atoms with E-state index in [9.17, 15) is 14.4 Å². The molecule has 3 amide bonds. The van der Waals surface area contributed by atoms with Gasteiger partial charge in [-0.3, -0.25) is 24.0 Å². The lowest BCUT2D eigenvalue weighted by atomic mass is 9.98. The second-order valence-corrected chi connectivity index (χ2v) is 11.3. The van der Waals surface area contributed by atoms with Gasteiger partial charge in [0.05, 0.1) is 29.7 Å². The van der Waals surface area contributed by atoms with Gasteiger partial charge in [-0.15, -0.1) is 0 Å². The predicted octanol–water partition coefficient (Wildman–Crippen LogP) is 5.89. The highest BCUT2D eigenvalue weighted by molar-refractivity contribution is 6.21. The number of carbonyl (C=O) groups is 3. The SMILES string of the molecule is COc1ccc(N(C(=O)CN2C(=O)C(Cc3nn(C)c4ccccc34)C(=O)N(c3ccccc3)c3ccccc32)C(C)C)cc1. The summed E-state index contributed by atoms with van der Waals surface area (Å²) in [6.45, 7) is 3.60. The Hall–Kier alpha value is -5.44. The second-order valence-electron chi connectivity index (χ2n) is 11.3. The Morgan fingerprint density at radius 3 is 2.18 bits per heavy atom. The standard InChI is InChI=1S/C36H35N5O4/c1-24(2)40(26-18-20-27(45-4)21-19-26)34(42)23-39-32-16-10-11-17-33(32)41(25-12-6-5-7-13-25)36(44)29(35(39)43)22-30-28-14-8-9-15-31(28)38(3)37-30/h5-21,24,29H,22-23H2,1-4H3. The number of aryl methyl sites for hydroxylation is 1. The Morgan fingerprint density at radius 2 is 1.49 bits per heavy atom. The molecule has 228 valence electrons. The van der Waals surface area contributed by atoms with E-state index >= 15 is 0 Å². The normalized spacial score (nSPS) is 14.9. The zero-order valence-electron chi connectivity index (χ0n) is 25.8. The molecule has 0 spiro atoms. The van der Waals surface area contributed by atoms with E-state index in [1.165, 1.54) is 4.90 Å². The Labute approximate surface area is 262 Å². The molecule has 5 aromatic rings. The van der Waals surface area contributed by atoms with Crippen LogP contribution in [-0.2, 0) is 27.9 Å². The summed E-state index contributed by atoms with van der Waals surface area (Å²) in [5.74, 6) is -1.55. The predicted molar refractivity (Wildman–Crippen MR) is 176 cm³/mol. The Morgan fingerprint density at radius 1 is 0.844 bits per heavy atom. The molecule has 1 aliphatic rings. The molecule has 0 radical (unpaired) electrons. The van der Waals surface area contributed by atoms with E-state index in [2.05, 4.69) is 0 Å². The van der Waals surface area contributed by atoms with Crippen molar-refractivity contribution in [3.63, 3.8) is 0 Å². The molecule has 1 atom stereocenters. The van der Waals surface area contributed by atoms with Gasteiger partial charge >= 0.3 is 0 Å². The van der Waals surface area contributed by atoms with Crippen molar-refractivity contribution < 1.29 is 19.1 Å². The fraction of sp³-hybridized carbons (Fsp3) is 0.222. The molecule has 0 aliphatic carbocycles. The number of aromatic nitrogens is 2. The number of methoxy groups -OCH3 is 1.